The zero-order chi connectivity index (χ0) is 13.1. The Morgan fingerprint density at radius 3 is 2.59 bits per heavy atom. The van der Waals surface area contributed by atoms with E-state index in [2.05, 4.69) is 9.98 Å². The van der Waals surface area contributed by atoms with Crippen LogP contribution in [0.5, 0.6) is 0 Å². The van der Waals surface area contributed by atoms with E-state index >= 15 is 0 Å². The third-order valence-electron chi connectivity index (χ3n) is 2.19. The minimum absolute atomic E-state index is 0.154. The molecule has 4 nitrogen and oxygen atoms in total. The minimum Gasteiger partial charge on any atom is -0.370 e. The van der Waals surface area contributed by atoms with Gasteiger partial charge in [0.15, 0.2) is 5.96 Å². The summed E-state index contributed by atoms with van der Waals surface area (Å²) in [7, 11) is 1.93. The normalized spacial score (nSPS) is 12.6. The van der Waals surface area contributed by atoms with Crippen molar-refractivity contribution in [1.82, 2.24) is 9.88 Å². The van der Waals surface area contributed by atoms with Crippen molar-refractivity contribution in [1.29, 1.82) is 0 Å². The van der Waals surface area contributed by atoms with E-state index in [0.717, 1.165) is 11.4 Å². The van der Waals surface area contributed by atoms with Crippen molar-refractivity contribution in [3.05, 3.63) is 29.6 Å². The molecule has 0 saturated carbocycles. The highest BCUT2D eigenvalue weighted by atomic mass is 15.2. The number of aromatic nitrogens is 1. The molecule has 0 aliphatic carbocycles. The molecule has 94 valence electrons. The smallest absolute Gasteiger partial charge is 0.191 e. The minimum atomic E-state index is -0.154. The molecule has 1 heterocycles. The quantitative estimate of drug-likeness (QED) is 0.628. The Kier molecular flexibility index (Phi) is 4.10. The van der Waals surface area contributed by atoms with Gasteiger partial charge in [-0.3, -0.25) is 4.98 Å². The highest BCUT2D eigenvalue weighted by molar-refractivity contribution is 5.78. The van der Waals surface area contributed by atoms with Crippen molar-refractivity contribution in [2.75, 3.05) is 7.05 Å². The maximum absolute atomic E-state index is 5.94. The van der Waals surface area contributed by atoms with Gasteiger partial charge >= 0.3 is 0 Å². The van der Waals surface area contributed by atoms with Crippen LogP contribution in [0.25, 0.3) is 0 Å². The van der Waals surface area contributed by atoms with Crippen molar-refractivity contribution >= 4 is 5.96 Å². The molecule has 0 unspecified atom stereocenters. The predicted molar refractivity (Wildman–Crippen MR) is 71.8 cm³/mol. The molecule has 0 spiro atoms. The van der Waals surface area contributed by atoms with Gasteiger partial charge in [-0.1, -0.05) is 6.07 Å². The van der Waals surface area contributed by atoms with Gasteiger partial charge in [-0.2, -0.15) is 0 Å². The van der Waals surface area contributed by atoms with Gasteiger partial charge in [0.05, 0.1) is 17.8 Å². The molecular formula is C13H22N4. The topological polar surface area (TPSA) is 54.5 Å². The summed E-state index contributed by atoms with van der Waals surface area (Å²) in [4.78, 5) is 10.8. The first-order valence-corrected chi connectivity index (χ1v) is 5.77. The number of nitrogens with two attached hydrogens (primary N) is 1. The number of hydrogen-bond donors (Lipinski definition) is 1. The van der Waals surface area contributed by atoms with Gasteiger partial charge < -0.3 is 10.6 Å². The molecule has 4 heteroatoms. The number of aliphatic imine (C=N–C) groups is 1. The second kappa shape index (κ2) is 5.17. The van der Waals surface area contributed by atoms with E-state index in [1.165, 1.54) is 0 Å². The zero-order valence-electron chi connectivity index (χ0n) is 11.4. The van der Waals surface area contributed by atoms with E-state index in [1.807, 2.05) is 57.8 Å². The number of nitrogens with zero attached hydrogens (tertiary/aromatic N) is 3. The molecule has 1 aromatic heterocycles. The number of hydrogen-bond acceptors (Lipinski definition) is 2. The van der Waals surface area contributed by atoms with Crippen LogP contribution in [0.3, 0.4) is 0 Å². The third kappa shape index (κ3) is 4.85. The monoisotopic (exact) mass is 234 g/mol. The van der Waals surface area contributed by atoms with Crippen LogP contribution in [0.1, 0.15) is 32.2 Å². The summed E-state index contributed by atoms with van der Waals surface area (Å²) in [5.74, 6) is 0.542. The fraction of sp³-hybridized carbons (Fsp3) is 0.538. The lowest BCUT2D eigenvalue weighted by Crippen LogP contribution is -2.36. The van der Waals surface area contributed by atoms with Crippen LogP contribution in [0, 0.1) is 6.92 Å². The maximum atomic E-state index is 5.94. The molecule has 0 aliphatic rings. The zero-order valence-corrected chi connectivity index (χ0v) is 11.4. The summed E-state index contributed by atoms with van der Waals surface area (Å²) in [6.45, 7) is 8.74. The van der Waals surface area contributed by atoms with Gasteiger partial charge in [0.25, 0.3) is 0 Å². The molecular weight excluding hydrogens is 212 g/mol. The van der Waals surface area contributed by atoms with Gasteiger partial charge in [-0.25, -0.2) is 4.99 Å². The average Bonchev–Trinajstić information content (AvgIpc) is 2.14. The molecule has 0 fully saturated rings. The first-order chi connectivity index (χ1) is 7.78. The molecule has 0 radical (unpaired) electrons. The maximum Gasteiger partial charge on any atom is 0.191 e. The van der Waals surface area contributed by atoms with Crippen LogP contribution in [0.2, 0.25) is 0 Å². The second-order valence-corrected chi connectivity index (χ2v) is 5.27. The van der Waals surface area contributed by atoms with E-state index < -0.39 is 0 Å². The Bertz CT molecular complexity index is 404. The third-order valence-corrected chi connectivity index (χ3v) is 2.19. The summed E-state index contributed by atoms with van der Waals surface area (Å²) >= 11 is 0. The average molecular weight is 234 g/mol. The van der Waals surface area contributed by atoms with E-state index in [1.54, 1.807) is 0 Å². The standard InChI is InChI=1S/C13H22N4/c1-10-7-6-8-11(15-10)9-17(5)12(14)16-13(2,3)4/h6-8H,9H2,1-5H3,(H2,14,16). The van der Waals surface area contributed by atoms with Crippen molar-refractivity contribution in [2.45, 2.75) is 39.8 Å². The van der Waals surface area contributed by atoms with Crippen LogP contribution in [-0.2, 0) is 6.54 Å². The molecule has 0 atom stereocenters. The molecule has 1 rings (SSSR count). The number of aryl methyl sites for hydroxylation is 1. The van der Waals surface area contributed by atoms with Crippen molar-refractivity contribution in [2.24, 2.45) is 10.7 Å². The number of rotatable bonds is 2. The Morgan fingerprint density at radius 2 is 2.06 bits per heavy atom. The second-order valence-electron chi connectivity index (χ2n) is 5.27. The van der Waals surface area contributed by atoms with Crippen LogP contribution in [0.4, 0.5) is 0 Å². The lowest BCUT2D eigenvalue weighted by molar-refractivity contribution is 0.468. The molecule has 1 aromatic rings. The summed E-state index contributed by atoms with van der Waals surface area (Å²) in [6.07, 6.45) is 0. The molecule has 0 aliphatic heterocycles. The SMILES string of the molecule is Cc1cccc(CN(C)C(N)=NC(C)(C)C)n1. The number of pyridine rings is 1. The van der Waals surface area contributed by atoms with E-state index in [4.69, 9.17) is 5.73 Å². The summed E-state index contributed by atoms with van der Waals surface area (Å²) in [6, 6.07) is 5.98. The predicted octanol–water partition coefficient (Wildman–Crippen LogP) is 1.94. The lowest BCUT2D eigenvalue weighted by atomic mass is 10.1. The van der Waals surface area contributed by atoms with Crippen LogP contribution < -0.4 is 5.73 Å². The van der Waals surface area contributed by atoms with Gasteiger partial charge in [-0.05, 0) is 39.8 Å². The van der Waals surface area contributed by atoms with E-state index in [0.29, 0.717) is 12.5 Å². The molecule has 0 saturated heterocycles. The van der Waals surface area contributed by atoms with E-state index in [9.17, 15) is 0 Å². The Labute approximate surface area is 104 Å². The Balaban J connectivity index is 2.73. The van der Waals surface area contributed by atoms with Gasteiger partial charge in [-0.15, -0.1) is 0 Å². The largest absolute Gasteiger partial charge is 0.370 e. The van der Waals surface area contributed by atoms with Crippen molar-refractivity contribution in [3.63, 3.8) is 0 Å². The lowest BCUT2D eigenvalue weighted by Gasteiger charge is -2.21. The highest BCUT2D eigenvalue weighted by Gasteiger charge is 2.11. The van der Waals surface area contributed by atoms with Crippen LogP contribution in [0.15, 0.2) is 23.2 Å². The molecule has 0 amide bonds. The van der Waals surface area contributed by atoms with E-state index in [-0.39, 0.29) is 5.54 Å². The summed E-state index contributed by atoms with van der Waals surface area (Å²) < 4.78 is 0. The fourth-order valence-electron chi connectivity index (χ4n) is 1.44. The molecule has 17 heavy (non-hydrogen) atoms. The van der Waals surface area contributed by atoms with Crippen molar-refractivity contribution in [3.8, 4) is 0 Å². The summed E-state index contributed by atoms with van der Waals surface area (Å²) in [5, 5.41) is 0. The highest BCUT2D eigenvalue weighted by Crippen LogP contribution is 2.08. The first-order valence-electron chi connectivity index (χ1n) is 5.77. The molecule has 0 bridgehead atoms. The Hall–Kier alpha value is -1.58. The Morgan fingerprint density at radius 1 is 1.41 bits per heavy atom. The van der Waals surface area contributed by atoms with Gasteiger partial charge in [0, 0.05) is 12.7 Å². The first kappa shape index (κ1) is 13.5. The van der Waals surface area contributed by atoms with Gasteiger partial charge in [0.1, 0.15) is 0 Å². The van der Waals surface area contributed by atoms with Crippen LogP contribution >= 0.6 is 0 Å². The molecule has 2 N–H and O–H groups in total. The molecule has 0 aromatic carbocycles. The van der Waals surface area contributed by atoms with Gasteiger partial charge in [0.2, 0.25) is 0 Å². The summed E-state index contributed by atoms with van der Waals surface area (Å²) in [5.41, 5.74) is 7.80. The van der Waals surface area contributed by atoms with Crippen LogP contribution in [-0.4, -0.2) is 28.4 Å². The number of guanidine groups is 1. The fourth-order valence-corrected chi connectivity index (χ4v) is 1.44. The van der Waals surface area contributed by atoms with Crippen molar-refractivity contribution < 1.29 is 0 Å².